The Kier molecular flexibility index (Phi) is 2.82. The first-order valence-electron chi connectivity index (χ1n) is 4.11. The first kappa shape index (κ1) is 11.0. The van der Waals surface area contributed by atoms with Crippen molar-refractivity contribution in [2.75, 3.05) is 6.26 Å². The molecule has 0 bridgehead atoms. The highest BCUT2D eigenvalue weighted by molar-refractivity contribution is 7.90. The molecule has 0 saturated heterocycles. The summed E-state index contributed by atoms with van der Waals surface area (Å²) in [4.78, 5) is -0.0677. The maximum absolute atomic E-state index is 11.1. The van der Waals surface area contributed by atoms with E-state index in [1.54, 1.807) is 13.0 Å². The van der Waals surface area contributed by atoms with Crippen LogP contribution in [-0.2, 0) is 9.84 Å². The number of rotatable bonds is 2. The third-order valence-electron chi connectivity index (χ3n) is 1.91. The Bertz CT molecular complexity index is 437. The lowest BCUT2D eigenvalue weighted by atomic mass is 10.1. The Balaban J connectivity index is 3.28. The lowest BCUT2D eigenvalue weighted by Crippen LogP contribution is -2.05. The van der Waals surface area contributed by atoms with E-state index in [1.165, 1.54) is 12.1 Å². The zero-order chi connectivity index (χ0) is 10.9. The van der Waals surface area contributed by atoms with Crippen molar-refractivity contribution in [2.24, 2.45) is 5.73 Å². The second kappa shape index (κ2) is 3.59. The van der Waals surface area contributed by atoms with Gasteiger partial charge < -0.3 is 10.8 Å². The van der Waals surface area contributed by atoms with Crippen LogP contribution < -0.4 is 5.73 Å². The molecule has 4 nitrogen and oxygen atoms in total. The zero-order valence-electron chi connectivity index (χ0n) is 8.06. The van der Waals surface area contributed by atoms with E-state index in [1.807, 2.05) is 0 Å². The van der Waals surface area contributed by atoms with Crippen LogP contribution in [0.25, 0.3) is 0 Å². The monoisotopic (exact) mass is 215 g/mol. The largest absolute Gasteiger partial charge is 0.507 e. The number of sulfone groups is 1. The van der Waals surface area contributed by atoms with Gasteiger partial charge in [0.1, 0.15) is 10.6 Å². The van der Waals surface area contributed by atoms with E-state index in [0.717, 1.165) is 6.26 Å². The predicted octanol–water partition coefficient (Wildman–Crippen LogP) is 0.815. The summed E-state index contributed by atoms with van der Waals surface area (Å²) in [6, 6.07) is 4.11. The summed E-state index contributed by atoms with van der Waals surface area (Å²) in [7, 11) is -3.37. The molecular weight excluding hydrogens is 202 g/mol. The van der Waals surface area contributed by atoms with Crippen LogP contribution in [0.1, 0.15) is 18.5 Å². The molecule has 0 aromatic heterocycles. The summed E-state index contributed by atoms with van der Waals surface area (Å²) in [5, 5.41) is 9.44. The smallest absolute Gasteiger partial charge is 0.179 e. The van der Waals surface area contributed by atoms with Crippen LogP contribution in [-0.4, -0.2) is 19.8 Å². The number of benzene rings is 1. The summed E-state index contributed by atoms with van der Waals surface area (Å²) in [6.07, 6.45) is 1.05. The quantitative estimate of drug-likeness (QED) is 0.765. The Morgan fingerprint density at radius 2 is 2.00 bits per heavy atom. The number of phenolic OH excluding ortho intramolecular Hbond substituents is 1. The van der Waals surface area contributed by atoms with E-state index < -0.39 is 9.84 Å². The molecule has 0 aliphatic heterocycles. The van der Waals surface area contributed by atoms with Gasteiger partial charge in [0, 0.05) is 12.3 Å². The first-order chi connectivity index (χ1) is 6.32. The van der Waals surface area contributed by atoms with Crippen LogP contribution in [0, 0.1) is 0 Å². The van der Waals surface area contributed by atoms with E-state index in [2.05, 4.69) is 0 Å². The molecule has 0 spiro atoms. The van der Waals surface area contributed by atoms with Crippen molar-refractivity contribution in [3.8, 4) is 5.75 Å². The average Bonchev–Trinajstić information content (AvgIpc) is 2.01. The topological polar surface area (TPSA) is 80.4 Å². The van der Waals surface area contributed by atoms with Crippen molar-refractivity contribution >= 4 is 9.84 Å². The van der Waals surface area contributed by atoms with Gasteiger partial charge in [0.2, 0.25) is 0 Å². The van der Waals surface area contributed by atoms with E-state index in [9.17, 15) is 13.5 Å². The average molecular weight is 215 g/mol. The lowest BCUT2D eigenvalue weighted by Gasteiger charge is -2.08. The fourth-order valence-corrected chi connectivity index (χ4v) is 1.89. The second-order valence-corrected chi connectivity index (χ2v) is 5.27. The van der Waals surface area contributed by atoms with Crippen molar-refractivity contribution in [2.45, 2.75) is 17.9 Å². The summed E-state index contributed by atoms with van der Waals surface area (Å²) >= 11 is 0. The molecule has 3 N–H and O–H groups in total. The molecule has 1 unspecified atom stereocenters. The molecule has 1 atom stereocenters. The van der Waals surface area contributed by atoms with Crippen LogP contribution in [0.15, 0.2) is 23.1 Å². The van der Waals surface area contributed by atoms with Gasteiger partial charge in [0.25, 0.3) is 0 Å². The van der Waals surface area contributed by atoms with Crippen LogP contribution in [0.4, 0.5) is 0 Å². The highest BCUT2D eigenvalue weighted by atomic mass is 32.2. The molecule has 0 amide bonds. The van der Waals surface area contributed by atoms with E-state index in [4.69, 9.17) is 5.73 Å². The molecule has 0 heterocycles. The van der Waals surface area contributed by atoms with E-state index >= 15 is 0 Å². The molecule has 78 valence electrons. The normalized spacial score (nSPS) is 13.9. The van der Waals surface area contributed by atoms with Crippen LogP contribution in [0.2, 0.25) is 0 Å². The minimum Gasteiger partial charge on any atom is -0.507 e. The molecule has 14 heavy (non-hydrogen) atoms. The van der Waals surface area contributed by atoms with E-state index in [0.29, 0.717) is 5.56 Å². The minimum absolute atomic E-state index is 0.0677. The van der Waals surface area contributed by atoms with Crippen molar-refractivity contribution in [3.63, 3.8) is 0 Å². The van der Waals surface area contributed by atoms with Gasteiger partial charge in [-0.25, -0.2) is 8.42 Å². The van der Waals surface area contributed by atoms with Gasteiger partial charge >= 0.3 is 0 Å². The first-order valence-corrected chi connectivity index (χ1v) is 6.00. The molecule has 0 radical (unpaired) electrons. The van der Waals surface area contributed by atoms with Crippen LogP contribution >= 0.6 is 0 Å². The van der Waals surface area contributed by atoms with Gasteiger partial charge in [-0.2, -0.15) is 0 Å². The third-order valence-corrected chi connectivity index (χ3v) is 3.05. The summed E-state index contributed by atoms with van der Waals surface area (Å²) in [5.74, 6) is -0.248. The molecule has 1 aromatic carbocycles. The Morgan fingerprint density at radius 3 is 2.36 bits per heavy atom. The molecule has 5 heteroatoms. The van der Waals surface area contributed by atoms with Gasteiger partial charge in [-0.05, 0) is 24.6 Å². The summed E-state index contributed by atoms with van der Waals surface area (Å²) in [5.41, 5.74) is 6.28. The lowest BCUT2D eigenvalue weighted by molar-refractivity contribution is 0.457. The van der Waals surface area contributed by atoms with Crippen LogP contribution in [0.5, 0.6) is 5.75 Å². The van der Waals surface area contributed by atoms with Gasteiger partial charge in [0.05, 0.1) is 0 Å². The number of phenols is 1. The number of hydrogen-bond acceptors (Lipinski definition) is 4. The number of hydrogen-bond donors (Lipinski definition) is 2. The predicted molar refractivity (Wildman–Crippen MR) is 53.8 cm³/mol. The number of nitrogens with two attached hydrogens (primary N) is 1. The van der Waals surface area contributed by atoms with E-state index in [-0.39, 0.29) is 16.7 Å². The Morgan fingerprint density at radius 1 is 1.43 bits per heavy atom. The highest BCUT2D eigenvalue weighted by Gasteiger charge is 2.13. The van der Waals surface area contributed by atoms with Crippen molar-refractivity contribution < 1.29 is 13.5 Å². The maximum atomic E-state index is 11.1. The molecule has 0 saturated carbocycles. The standard InChI is InChI=1S/C9H13NO3S/c1-6(10)7-3-4-9(8(11)5-7)14(2,12)13/h3-6,11H,10H2,1-2H3. The minimum atomic E-state index is -3.37. The molecule has 0 aliphatic carbocycles. The summed E-state index contributed by atoms with van der Waals surface area (Å²) in [6.45, 7) is 1.76. The Labute approximate surface area is 83.3 Å². The highest BCUT2D eigenvalue weighted by Crippen LogP contribution is 2.25. The molecule has 1 rings (SSSR count). The van der Waals surface area contributed by atoms with Crippen molar-refractivity contribution in [3.05, 3.63) is 23.8 Å². The van der Waals surface area contributed by atoms with Gasteiger partial charge in [-0.1, -0.05) is 6.07 Å². The Hall–Kier alpha value is -1.07. The van der Waals surface area contributed by atoms with Gasteiger partial charge in [-0.15, -0.1) is 0 Å². The molecular formula is C9H13NO3S. The molecule has 0 fully saturated rings. The zero-order valence-corrected chi connectivity index (χ0v) is 8.88. The fourth-order valence-electron chi connectivity index (χ4n) is 1.13. The van der Waals surface area contributed by atoms with Gasteiger partial charge in [-0.3, -0.25) is 0 Å². The number of aromatic hydroxyl groups is 1. The molecule has 0 aliphatic rings. The van der Waals surface area contributed by atoms with Gasteiger partial charge in [0.15, 0.2) is 9.84 Å². The SMILES string of the molecule is CC(N)c1ccc(S(C)(=O)=O)c(O)c1. The third kappa shape index (κ3) is 2.24. The molecule has 1 aromatic rings. The summed E-state index contributed by atoms with van der Waals surface area (Å²) < 4.78 is 22.3. The maximum Gasteiger partial charge on any atom is 0.179 e. The second-order valence-electron chi connectivity index (χ2n) is 3.29. The van der Waals surface area contributed by atoms with Crippen LogP contribution in [0.3, 0.4) is 0 Å². The van der Waals surface area contributed by atoms with Crippen molar-refractivity contribution in [1.29, 1.82) is 0 Å². The van der Waals surface area contributed by atoms with Crippen molar-refractivity contribution in [1.82, 2.24) is 0 Å². The fraction of sp³-hybridized carbons (Fsp3) is 0.333.